The number of ether oxygens (including phenoxy) is 1. The SMILES string of the molecule is COc1ccc(CCCNC(=O)c2cccc(I)c2)cc1. The van der Waals surface area contributed by atoms with Crippen LogP contribution in [0.15, 0.2) is 48.5 Å². The van der Waals surface area contributed by atoms with Gasteiger partial charge in [-0.1, -0.05) is 18.2 Å². The van der Waals surface area contributed by atoms with Crippen LogP contribution in [0.1, 0.15) is 22.3 Å². The minimum Gasteiger partial charge on any atom is -0.497 e. The molecule has 21 heavy (non-hydrogen) atoms. The molecule has 0 heterocycles. The van der Waals surface area contributed by atoms with E-state index in [4.69, 9.17) is 4.74 Å². The third-order valence-corrected chi connectivity index (χ3v) is 3.84. The maximum Gasteiger partial charge on any atom is 0.251 e. The number of amides is 1. The summed E-state index contributed by atoms with van der Waals surface area (Å²) in [5.41, 5.74) is 1.96. The van der Waals surface area contributed by atoms with Gasteiger partial charge in [0.1, 0.15) is 5.75 Å². The molecule has 0 unspecified atom stereocenters. The molecule has 0 atom stereocenters. The smallest absolute Gasteiger partial charge is 0.251 e. The van der Waals surface area contributed by atoms with E-state index in [2.05, 4.69) is 40.0 Å². The Morgan fingerprint density at radius 3 is 2.62 bits per heavy atom. The Bertz CT molecular complexity index is 596. The van der Waals surface area contributed by atoms with Gasteiger partial charge in [-0.05, 0) is 71.3 Å². The van der Waals surface area contributed by atoms with Crippen molar-refractivity contribution in [1.82, 2.24) is 5.32 Å². The number of benzene rings is 2. The number of carbonyl (C=O) groups is 1. The van der Waals surface area contributed by atoms with Crippen LogP contribution in [0, 0.1) is 3.57 Å². The Hall–Kier alpha value is -1.56. The number of nitrogens with one attached hydrogen (secondary N) is 1. The lowest BCUT2D eigenvalue weighted by atomic mass is 10.1. The number of halogens is 1. The van der Waals surface area contributed by atoms with E-state index < -0.39 is 0 Å². The van der Waals surface area contributed by atoms with E-state index in [1.165, 1.54) is 5.56 Å². The van der Waals surface area contributed by atoms with Gasteiger partial charge in [-0.15, -0.1) is 0 Å². The molecule has 0 fully saturated rings. The maximum atomic E-state index is 12.0. The van der Waals surface area contributed by atoms with Crippen molar-refractivity contribution in [3.63, 3.8) is 0 Å². The average molecular weight is 395 g/mol. The summed E-state index contributed by atoms with van der Waals surface area (Å²) in [6.45, 7) is 0.677. The molecule has 0 aromatic heterocycles. The highest BCUT2D eigenvalue weighted by Crippen LogP contribution is 2.12. The minimum atomic E-state index is -0.0109. The number of hydrogen-bond donors (Lipinski definition) is 1. The molecule has 3 nitrogen and oxygen atoms in total. The lowest BCUT2D eigenvalue weighted by Crippen LogP contribution is -2.24. The van der Waals surface area contributed by atoms with Gasteiger partial charge in [-0.25, -0.2) is 0 Å². The molecule has 2 aromatic carbocycles. The molecular weight excluding hydrogens is 377 g/mol. The first-order chi connectivity index (χ1) is 10.2. The van der Waals surface area contributed by atoms with E-state index in [0.29, 0.717) is 12.1 Å². The van der Waals surface area contributed by atoms with Gasteiger partial charge >= 0.3 is 0 Å². The van der Waals surface area contributed by atoms with Crippen molar-refractivity contribution in [3.8, 4) is 5.75 Å². The molecule has 4 heteroatoms. The third kappa shape index (κ3) is 5.04. The lowest BCUT2D eigenvalue weighted by Gasteiger charge is -2.06. The molecule has 2 rings (SSSR count). The van der Waals surface area contributed by atoms with E-state index in [-0.39, 0.29) is 5.91 Å². The number of hydrogen-bond acceptors (Lipinski definition) is 2. The molecule has 0 saturated carbocycles. The van der Waals surface area contributed by atoms with Gasteiger partial charge in [-0.2, -0.15) is 0 Å². The number of carbonyl (C=O) groups excluding carboxylic acids is 1. The van der Waals surface area contributed by atoms with Crippen LogP contribution in [-0.2, 0) is 6.42 Å². The topological polar surface area (TPSA) is 38.3 Å². The number of aryl methyl sites for hydroxylation is 1. The van der Waals surface area contributed by atoms with Gasteiger partial charge in [0, 0.05) is 15.7 Å². The molecule has 0 aliphatic heterocycles. The molecule has 110 valence electrons. The molecule has 0 saturated heterocycles. The Kier molecular flexibility index (Phi) is 6.04. The predicted octanol–water partition coefficient (Wildman–Crippen LogP) is 3.66. The minimum absolute atomic E-state index is 0.0109. The fourth-order valence-corrected chi connectivity index (χ4v) is 2.56. The summed E-state index contributed by atoms with van der Waals surface area (Å²) in [4.78, 5) is 12.0. The van der Waals surface area contributed by atoms with Crippen LogP contribution in [0.3, 0.4) is 0 Å². The largest absolute Gasteiger partial charge is 0.497 e. The van der Waals surface area contributed by atoms with Gasteiger partial charge in [-0.3, -0.25) is 4.79 Å². The zero-order valence-electron chi connectivity index (χ0n) is 11.9. The first-order valence-electron chi connectivity index (χ1n) is 6.86. The Morgan fingerprint density at radius 1 is 1.19 bits per heavy atom. The molecule has 0 radical (unpaired) electrons. The van der Waals surface area contributed by atoms with Gasteiger partial charge in [0.25, 0.3) is 5.91 Å². The molecule has 1 N–H and O–H groups in total. The molecule has 2 aromatic rings. The first-order valence-corrected chi connectivity index (χ1v) is 7.93. The quantitative estimate of drug-likeness (QED) is 0.599. The fourth-order valence-electron chi connectivity index (χ4n) is 2.02. The summed E-state index contributed by atoms with van der Waals surface area (Å²) >= 11 is 2.21. The van der Waals surface area contributed by atoms with Crippen LogP contribution in [-0.4, -0.2) is 19.6 Å². The van der Waals surface area contributed by atoms with E-state index in [0.717, 1.165) is 22.2 Å². The zero-order valence-corrected chi connectivity index (χ0v) is 14.1. The summed E-state index contributed by atoms with van der Waals surface area (Å²) in [5, 5.41) is 2.95. The molecule has 0 spiro atoms. The second-order valence-electron chi connectivity index (χ2n) is 4.72. The first kappa shape index (κ1) is 15.8. The van der Waals surface area contributed by atoms with Crippen molar-refractivity contribution in [2.45, 2.75) is 12.8 Å². The van der Waals surface area contributed by atoms with Crippen molar-refractivity contribution in [2.75, 3.05) is 13.7 Å². The highest BCUT2D eigenvalue weighted by Gasteiger charge is 2.04. The average Bonchev–Trinajstić information content (AvgIpc) is 2.52. The van der Waals surface area contributed by atoms with E-state index >= 15 is 0 Å². The number of rotatable bonds is 6. The van der Waals surface area contributed by atoms with Crippen molar-refractivity contribution in [2.24, 2.45) is 0 Å². The molecule has 0 aliphatic rings. The van der Waals surface area contributed by atoms with Crippen LogP contribution in [0.25, 0.3) is 0 Å². The highest BCUT2D eigenvalue weighted by molar-refractivity contribution is 14.1. The Morgan fingerprint density at radius 2 is 1.95 bits per heavy atom. The van der Waals surface area contributed by atoms with Crippen molar-refractivity contribution < 1.29 is 9.53 Å². The van der Waals surface area contributed by atoms with Crippen LogP contribution in [0.2, 0.25) is 0 Å². The summed E-state index contributed by atoms with van der Waals surface area (Å²) in [5.74, 6) is 0.856. The van der Waals surface area contributed by atoms with Crippen LogP contribution >= 0.6 is 22.6 Å². The van der Waals surface area contributed by atoms with Gasteiger partial charge in [0.15, 0.2) is 0 Å². The molecular formula is C17H18INO2. The van der Waals surface area contributed by atoms with Crippen molar-refractivity contribution in [1.29, 1.82) is 0 Å². The van der Waals surface area contributed by atoms with Gasteiger partial charge in [0.2, 0.25) is 0 Å². The van der Waals surface area contributed by atoms with Crippen molar-refractivity contribution >= 4 is 28.5 Å². The van der Waals surface area contributed by atoms with Crippen LogP contribution in [0.4, 0.5) is 0 Å². The Balaban J connectivity index is 1.75. The van der Waals surface area contributed by atoms with E-state index in [1.54, 1.807) is 7.11 Å². The highest BCUT2D eigenvalue weighted by atomic mass is 127. The van der Waals surface area contributed by atoms with Gasteiger partial charge < -0.3 is 10.1 Å². The Labute approximate surface area is 138 Å². The predicted molar refractivity (Wildman–Crippen MR) is 92.8 cm³/mol. The summed E-state index contributed by atoms with van der Waals surface area (Å²) in [6.07, 6.45) is 1.86. The monoisotopic (exact) mass is 395 g/mol. The van der Waals surface area contributed by atoms with Gasteiger partial charge in [0.05, 0.1) is 7.11 Å². The van der Waals surface area contributed by atoms with Crippen molar-refractivity contribution in [3.05, 3.63) is 63.2 Å². The molecule has 0 bridgehead atoms. The molecule has 0 aliphatic carbocycles. The summed E-state index contributed by atoms with van der Waals surface area (Å²) in [7, 11) is 1.66. The maximum absolute atomic E-state index is 12.0. The normalized spacial score (nSPS) is 10.2. The van der Waals surface area contributed by atoms with Crippen LogP contribution < -0.4 is 10.1 Å². The number of methoxy groups -OCH3 is 1. The lowest BCUT2D eigenvalue weighted by molar-refractivity contribution is 0.0953. The van der Waals surface area contributed by atoms with E-state index in [9.17, 15) is 4.79 Å². The zero-order chi connectivity index (χ0) is 15.1. The van der Waals surface area contributed by atoms with E-state index in [1.807, 2.05) is 36.4 Å². The summed E-state index contributed by atoms with van der Waals surface area (Å²) < 4.78 is 6.20. The second kappa shape index (κ2) is 8.02. The van der Waals surface area contributed by atoms with Crippen LogP contribution in [0.5, 0.6) is 5.75 Å². The second-order valence-corrected chi connectivity index (χ2v) is 5.96. The summed E-state index contributed by atoms with van der Waals surface area (Å²) in [6, 6.07) is 15.6. The molecule has 1 amide bonds. The third-order valence-electron chi connectivity index (χ3n) is 3.17. The fraction of sp³-hybridized carbons (Fsp3) is 0.235. The standard InChI is InChI=1S/C17H18INO2/c1-21-16-9-7-13(8-10-16)4-3-11-19-17(20)14-5-2-6-15(18)12-14/h2,5-10,12H,3-4,11H2,1H3,(H,19,20).